The van der Waals surface area contributed by atoms with E-state index in [0.717, 1.165) is 38.9 Å². The van der Waals surface area contributed by atoms with Crippen molar-refractivity contribution in [1.29, 1.82) is 0 Å². The third-order valence-electron chi connectivity index (χ3n) is 7.88. The second kappa shape index (κ2) is 10.1. The molecule has 8 rings (SSSR count). The molecule has 198 valence electrons. The lowest BCUT2D eigenvalue weighted by molar-refractivity contribution is 0.655. The van der Waals surface area contributed by atoms with Crippen LogP contribution in [0.25, 0.3) is 55.1 Å². The molecule has 8 aromatic rings. The van der Waals surface area contributed by atoms with Gasteiger partial charge in [-0.1, -0.05) is 109 Å². The van der Waals surface area contributed by atoms with Crippen molar-refractivity contribution in [1.82, 2.24) is 4.98 Å². The summed E-state index contributed by atoms with van der Waals surface area (Å²) in [6.45, 7) is 0. The molecule has 0 saturated heterocycles. The zero-order valence-electron chi connectivity index (χ0n) is 22.8. The molecule has 3 heteroatoms. The molecule has 3 nitrogen and oxygen atoms in total. The highest BCUT2D eigenvalue weighted by Gasteiger charge is 2.17. The number of fused-ring (bicyclic) bond motifs is 4. The van der Waals surface area contributed by atoms with E-state index in [1.165, 1.54) is 27.6 Å². The standard InChI is InChI=1S/C39H26N2O/c1-3-9-27(10-4-1)29-15-19-33(20-16-29)41(34-21-17-30(18-22-34)28-11-5-2-6-12-28)38-24-23-35-36-25-31-13-7-8-14-32(31)26-37(36)42-39(35)40-38/h1-26H. The maximum atomic E-state index is 6.34. The van der Waals surface area contributed by atoms with E-state index in [-0.39, 0.29) is 0 Å². The van der Waals surface area contributed by atoms with Crippen LogP contribution in [-0.4, -0.2) is 4.98 Å². The van der Waals surface area contributed by atoms with Gasteiger partial charge in [0.25, 0.3) is 0 Å². The molecular weight excluding hydrogens is 512 g/mol. The lowest BCUT2D eigenvalue weighted by atomic mass is 10.0. The summed E-state index contributed by atoms with van der Waals surface area (Å²) in [6.07, 6.45) is 0. The van der Waals surface area contributed by atoms with Crippen molar-refractivity contribution < 1.29 is 4.42 Å². The lowest BCUT2D eigenvalue weighted by Crippen LogP contribution is -2.11. The van der Waals surface area contributed by atoms with Gasteiger partial charge >= 0.3 is 0 Å². The van der Waals surface area contributed by atoms with Gasteiger partial charge in [-0.25, -0.2) is 0 Å². The molecule has 0 N–H and O–H groups in total. The van der Waals surface area contributed by atoms with Crippen LogP contribution in [0.2, 0.25) is 0 Å². The van der Waals surface area contributed by atoms with Gasteiger partial charge in [0.2, 0.25) is 5.71 Å². The van der Waals surface area contributed by atoms with E-state index in [1.54, 1.807) is 0 Å². The SMILES string of the molecule is c1ccc(-c2ccc(N(c3ccc(-c4ccccc4)cc3)c3ccc4c(n3)oc3cc5ccccc5cc34)cc2)cc1. The topological polar surface area (TPSA) is 29.3 Å². The molecule has 0 amide bonds. The molecule has 0 aliphatic carbocycles. The van der Waals surface area contributed by atoms with Crippen LogP contribution >= 0.6 is 0 Å². The first-order valence-electron chi connectivity index (χ1n) is 14.1. The molecule has 0 aliphatic rings. The Morgan fingerprint density at radius 2 is 0.929 bits per heavy atom. The predicted octanol–water partition coefficient (Wildman–Crippen LogP) is 10.9. The van der Waals surface area contributed by atoms with Gasteiger partial charge < -0.3 is 4.42 Å². The van der Waals surface area contributed by atoms with Crippen molar-refractivity contribution in [3.63, 3.8) is 0 Å². The fourth-order valence-electron chi connectivity index (χ4n) is 5.74. The average molecular weight is 539 g/mol. The Morgan fingerprint density at radius 1 is 0.429 bits per heavy atom. The van der Waals surface area contributed by atoms with Crippen LogP contribution < -0.4 is 4.90 Å². The second-order valence-electron chi connectivity index (χ2n) is 10.5. The van der Waals surface area contributed by atoms with Crippen molar-refractivity contribution in [2.75, 3.05) is 4.90 Å². The number of anilines is 3. The van der Waals surface area contributed by atoms with E-state index < -0.39 is 0 Å². The van der Waals surface area contributed by atoms with Crippen molar-refractivity contribution in [3.8, 4) is 22.3 Å². The highest BCUT2D eigenvalue weighted by Crippen LogP contribution is 2.38. The lowest BCUT2D eigenvalue weighted by Gasteiger charge is -2.24. The summed E-state index contributed by atoms with van der Waals surface area (Å²) >= 11 is 0. The number of hydrogen-bond acceptors (Lipinski definition) is 3. The molecule has 2 heterocycles. The minimum atomic E-state index is 0.629. The molecular formula is C39H26N2O. The molecule has 0 unspecified atom stereocenters. The van der Waals surface area contributed by atoms with Gasteiger partial charge in [-0.15, -0.1) is 0 Å². The average Bonchev–Trinajstić information content (AvgIpc) is 3.42. The van der Waals surface area contributed by atoms with Crippen molar-refractivity contribution in [2.45, 2.75) is 0 Å². The van der Waals surface area contributed by atoms with Gasteiger partial charge in [0, 0.05) is 22.1 Å². The summed E-state index contributed by atoms with van der Waals surface area (Å²) in [5.74, 6) is 0.797. The third kappa shape index (κ3) is 4.29. The Morgan fingerprint density at radius 3 is 1.50 bits per heavy atom. The molecule has 0 atom stereocenters. The third-order valence-corrected chi connectivity index (χ3v) is 7.88. The number of furan rings is 1. The molecule has 0 spiro atoms. The molecule has 6 aromatic carbocycles. The fraction of sp³-hybridized carbons (Fsp3) is 0. The minimum Gasteiger partial charge on any atom is -0.438 e. The van der Waals surface area contributed by atoms with Crippen molar-refractivity contribution >= 4 is 50.0 Å². The largest absolute Gasteiger partial charge is 0.438 e. The Balaban J connectivity index is 1.25. The van der Waals surface area contributed by atoms with Gasteiger partial charge in [0.1, 0.15) is 11.4 Å². The zero-order valence-corrected chi connectivity index (χ0v) is 22.8. The molecule has 0 bridgehead atoms. The van der Waals surface area contributed by atoms with Crippen LogP contribution in [0, 0.1) is 0 Å². The first kappa shape index (κ1) is 24.2. The van der Waals surface area contributed by atoms with E-state index in [0.29, 0.717) is 5.71 Å². The molecule has 0 aliphatic heterocycles. The van der Waals surface area contributed by atoms with Crippen LogP contribution in [0.1, 0.15) is 0 Å². The number of aromatic nitrogens is 1. The number of rotatable bonds is 5. The summed E-state index contributed by atoms with van der Waals surface area (Å²) in [4.78, 5) is 7.26. The summed E-state index contributed by atoms with van der Waals surface area (Å²) in [5.41, 5.74) is 8.25. The number of hydrogen-bond donors (Lipinski definition) is 0. The molecule has 0 fully saturated rings. The Bertz CT molecular complexity index is 2080. The van der Waals surface area contributed by atoms with Gasteiger partial charge in [-0.05, 0) is 81.6 Å². The molecule has 2 aromatic heterocycles. The maximum absolute atomic E-state index is 6.34. The minimum absolute atomic E-state index is 0.629. The Hall–Kier alpha value is -5.67. The van der Waals surface area contributed by atoms with Gasteiger partial charge in [0.15, 0.2) is 0 Å². The van der Waals surface area contributed by atoms with Gasteiger partial charge in [-0.3, -0.25) is 4.90 Å². The quantitative estimate of drug-likeness (QED) is 0.218. The highest BCUT2D eigenvalue weighted by atomic mass is 16.3. The second-order valence-corrected chi connectivity index (χ2v) is 10.5. The summed E-state index contributed by atoms with van der Waals surface area (Å²) < 4.78 is 6.34. The summed E-state index contributed by atoms with van der Waals surface area (Å²) in [7, 11) is 0. The number of benzene rings is 6. The van der Waals surface area contributed by atoms with E-state index in [9.17, 15) is 0 Å². The molecule has 0 radical (unpaired) electrons. The number of pyridine rings is 1. The highest BCUT2D eigenvalue weighted by molar-refractivity contribution is 6.09. The Labute approximate surface area is 243 Å². The summed E-state index contributed by atoms with van der Waals surface area (Å²) in [6, 6.07) is 55.1. The van der Waals surface area contributed by atoms with Crippen molar-refractivity contribution in [3.05, 3.63) is 158 Å². The maximum Gasteiger partial charge on any atom is 0.229 e. The van der Waals surface area contributed by atoms with Crippen LogP contribution in [-0.2, 0) is 0 Å². The van der Waals surface area contributed by atoms with Crippen molar-refractivity contribution in [2.24, 2.45) is 0 Å². The van der Waals surface area contributed by atoms with E-state index in [4.69, 9.17) is 9.40 Å². The Kier molecular flexibility index (Phi) is 5.79. The number of nitrogens with zero attached hydrogens (tertiary/aromatic N) is 2. The van der Waals surface area contributed by atoms with E-state index >= 15 is 0 Å². The first-order valence-corrected chi connectivity index (χ1v) is 14.1. The summed E-state index contributed by atoms with van der Waals surface area (Å²) in [5, 5.41) is 4.44. The van der Waals surface area contributed by atoms with E-state index in [1.807, 2.05) is 12.1 Å². The van der Waals surface area contributed by atoms with Crippen LogP contribution in [0.3, 0.4) is 0 Å². The normalized spacial score (nSPS) is 11.3. The van der Waals surface area contributed by atoms with Crippen LogP contribution in [0.15, 0.2) is 162 Å². The molecule has 0 saturated carbocycles. The molecule has 42 heavy (non-hydrogen) atoms. The van der Waals surface area contributed by atoms with Crippen LogP contribution in [0.4, 0.5) is 17.2 Å². The monoisotopic (exact) mass is 538 g/mol. The zero-order chi connectivity index (χ0) is 27.9. The van der Waals surface area contributed by atoms with E-state index in [2.05, 4.69) is 150 Å². The van der Waals surface area contributed by atoms with Crippen LogP contribution in [0.5, 0.6) is 0 Å². The van der Waals surface area contributed by atoms with Gasteiger partial charge in [-0.2, -0.15) is 4.98 Å². The smallest absolute Gasteiger partial charge is 0.229 e. The van der Waals surface area contributed by atoms with Gasteiger partial charge in [0.05, 0.1) is 0 Å². The predicted molar refractivity (Wildman–Crippen MR) is 175 cm³/mol. The fourth-order valence-corrected chi connectivity index (χ4v) is 5.74. The first-order chi connectivity index (χ1) is 20.8.